The molecule has 0 saturated heterocycles. The first-order chi connectivity index (χ1) is 11.2. The van der Waals surface area contributed by atoms with E-state index < -0.39 is 6.09 Å². The van der Waals surface area contributed by atoms with E-state index in [1.165, 1.54) is 5.39 Å². The monoisotopic (exact) mass is 309 g/mol. The fraction of sp³-hybridized carbons (Fsp3) is 0.167. The zero-order valence-corrected chi connectivity index (χ0v) is 12.7. The lowest BCUT2D eigenvalue weighted by Crippen LogP contribution is -2.12. The molecule has 1 aromatic heterocycles. The number of carbonyl (C=O) groups excluding carboxylic acids is 1. The van der Waals surface area contributed by atoms with E-state index in [0.29, 0.717) is 6.54 Å². The van der Waals surface area contributed by atoms with Crippen LogP contribution < -0.4 is 11.5 Å². The zero-order valence-electron chi connectivity index (χ0n) is 12.7. The SMILES string of the molecule is NCc1ccc2ccn(Cc3cccc(COC(N)=O)c3)c2c1. The van der Waals surface area contributed by atoms with Crippen LogP contribution >= 0.6 is 0 Å². The van der Waals surface area contributed by atoms with Crippen LogP contribution in [-0.4, -0.2) is 10.7 Å². The van der Waals surface area contributed by atoms with Gasteiger partial charge in [0.1, 0.15) is 6.61 Å². The topological polar surface area (TPSA) is 83.3 Å². The Labute approximate surface area is 134 Å². The standard InChI is InChI=1S/C18H19N3O2/c19-10-13-4-5-16-6-7-21(17(16)9-13)11-14-2-1-3-15(8-14)12-23-18(20)22/h1-9H,10-12,19H2,(H2,20,22). The molecular weight excluding hydrogens is 290 g/mol. The third kappa shape index (κ3) is 3.52. The smallest absolute Gasteiger partial charge is 0.404 e. The van der Waals surface area contributed by atoms with Crippen molar-refractivity contribution in [1.29, 1.82) is 0 Å². The van der Waals surface area contributed by atoms with Crippen LogP contribution in [0.4, 0.5) is 4.79 Å². The summed E-state index contributed by atoms with van der Waals surface area (Å²) in [6, 6.07) is 16.3. The van der Waals surface area contributed by atoms with Gasteiger partial charge in [0.05, 0.1) is 0 Å². The molecular formula is C18H19N3O2. The molecule has 0 bridgehead atoms. The van der Waals surface area contributed by atoms with E-state index in [-0.39, 0.29) is 6.61 Å². The fourth-order valence-electron chi connectivity index (χ4n) is 2.66. The van der Waals surface area contributed by atoms with Crippen LogP contribution in [0.2, 0.25) is 0 Å². The van der Waals surface area contributed by atoms with Crippen LogP contribution in [0.3, 0.4) is 0 Å². The Morgan fingerprint density at radius 1 is 1.04 bits per heavy atom. The molecule has 5 heteroatoms. The van der Waals surface area contributed by atoms with Crippen molar-refractivity contribution >= 4 is 17.0 Å². The number of nitrogens with two attached hydrogens (primary N) is 2. The highest BCUT2D eigenvalue weighted by Gasteiger charge is 2.04. The average Bonchev–Trinajstić information content (AvgIpc) is 2.95. The predicted octanol–water partition coefficient (Wildman–Crippen LogP) is 2.74. The van der Waals surface area contributed by atoms with Gasteiger partial charge >= 0.3 is 6.09 Å². The Kier molecular flexibility index (Phi) is 4.30. The van der Waals surface area contributed by atoms with Gasteiger partial charge in [0.15, 0.2) is 0 Å². The summed E-state index contributed by atoms with van der Waals surface area (Å²) in [5, 5.41) is 1.19. The number of hydrogen-bond donors (Lipinski definition) is 2. The van der Waals surface area contributed by atoms with Crippen molar-refractivity contribution in [1.82, 2.24) is 4.57 Å². The minimum absolute atomic E-state index is 0.187. The Hall–Kier alpha value is -2.79. The molecule has 0 radical (unpaired) electrons. The molecule has 2 aromatic carbocycles. The first-order valence-corrected chi connectivity index (χ1v) is 7.43. The molecule has 0 saturated carbocycles. The molecule has 0 aliphatic heterocycles. The second-order valence-corrected chi connectivity index (χ2v) is 5.47. The van der Waals surface area contributed by atoms with Gasteiger partial charge in [-0.15, -0.1) is 0 Å². The maximum absolute atomic E-state index is 10.7. The first-order valence-electron chi connectivity index (χ1n) is 7.43. The summed E-state index contributed by atoms with van der Waals surface area (Å²) in [5.74, 6) is 0. The second-order valence-electron chi connectivity index (χ2n) is 5.47. The number of carbonyl (C=O) groups is 1. The van der Waals surface area contributed by atoms with Crippen molar-refractivity contribution in [3.8, 4) is 0 Å². The van der Waals surface area contributed by atoms with E-state index in [1.807, 2.05) is 24.3 Å². The highest BCUT2D eigenvalue weighted by molar-refractivity contribution is 5.81. The van der Waals surface area contributed by atoms with Crippen molar-refractivity contribution < 1.29 is 9.53 Å². The summed E-state index contributed by atoms with van der Waals surface area (Å²) in [5.41, 5.74) is 15.0. The summed E-state index contributed by atoms with van der Waals surface area (Å²) in [6.07, 6.45) is 1.30. The second kappa shape index (κ2) is 6.54. The number of ether oxygens (including phenoxy) is 1. The van der Waals surface area contributed by atoms with Gasteiger partial charge in [0.2, 0.25) is 0 Å². The Bertz CT molecular complexity index is 839. The maximum Gasteiger partial charge on any atom is 0.404 e. The Morgan fingerprint density at radius 2 is 1.87 bits per heavy atom. The summed E-state index contributed by atoms with van der Waals surface area (Å²) in [4.78, 5) is 10.7. The minimum Gasteiger partial charge on any atom is -0.445 e. The van der Waals surface area contributed by atoms with E-state index in [9.17, 15) is 4.79 Å². The molecule has 118 valence electrons. The molecule has 0 unspecified atom stereocenters. The van der Waals surface area contributed by atoms with Crippen LogP contribution in [0.1, 0.15) is 16.7 Å². The van der Waals surface area contributed by atoms with Gasteiger partial charge < -0.3 is 20.8 Å². The molecule has 1 amide bonds. The van der Waals surface area contributed by atoms with Crippen LogP contribution in [0, 0.1) is 0 Å². The van der Waals surface area contributed by atoms with Gasteiger partial charge in [-0.2, -0.15) is 0 Å². The molecule has 1 heterocycles. The lowest BCUT2D eigenvalue weighted by molar-refractivity contribution is 0.150. The van der Waals surface area contributed by atoms with Crippen molar-refractivity contribution in [2.24, 2.45) is 11.5 Å². The van der Waals surface area contributed by atoms with Gasteiger partial charge in [0.25, 0.3) is 0 Å². The summed E-state index contributed by atoms with van der Waals surface area (Å²) >= 11 is 0. The summed E-state index contributed by atoms with van der Waals surface area (Å²) in [7, 11) is 0. The van der Waals surface area contributed by atoms with Crippen LogP contribution in [-0.2, 0) is 24.4 Å². The number of benzene rings is 2. The average molecular weight is 309 g/mol. The van der Waals surface area contributed by atoms with Gasteiger partial charge in [-0.1, -0.05) is 36.4 Å². The molecule has 0 atom stereocenters. The largest absolute Gasteiger partial charge is 0.445 e. The Balaban J connectivity index is 1.84. The molecule has 0 fully saturated rings. The predicted molar refractivity (Wildman–Crippen MR) is 89.7 cm³/mol. The lowest BCUT2D eigenvalue weighted by atomic mass is 10.1. The number of aromatic nitrogens is 1. The van der Waals surface area contributed by atoms with Crippen LogP contribution in [0.5, 0.6) is 0 Å². The molecule has 23 heavy (non-hydrogen) atoms. The maximum atomic E-state index is 10.7. The lowest BCUT2D eigenvalue weighted by Gasteiger charge is -2.09. The van der Waals surface area contributed by atoms with Crippen molar-refractivity contribution in [2.75, 3.05) is 0 Å². The molecule has 3 rings (SSSR count). The third-order valence-corrected chi connectivity index (χ3v) is 3.80. The van der Waals surface area contributed by atoms with E-state index in [4.69, 9.17) is 16.2 Å². The molecule has 3 aromatic rings. The summed E-state index contributed by atoms with van der Waals surface area (Å²) in [6.45, 7) is 1.45. The normalized spacial score (nSPS) is 10.8. The van der Waals surface area contributed by atoms with E-state index in [1.54, 1.807) is 0 Å². The van der Waals surface area contributed by atoms with Crippen molar-refractivity contribution in [3.63, 3.8) is 0 Å². The highest BCUT2D eigenvalue weighted by Crippen LogP contribution is 2.19. The van der Waals surface area contributed by atoms with Gasteiger partial charge in [-0.25, -0.2) is 4.79 Å². The van der Waals surface area contributed by atoms with E-state index in [0.717, 1.165) is 28.8 Å². The highest BCUT2D eigenvalue weighted by atomic mass is 16.5. The Morgan fingerprint density at radius 3 is 2.65 bits per heavy atom. The molecule has 0 aliphatic rings. The van der Waals surface area contributed by atoms with Gasteiger partial charge in [-0.3, -0.25) is 0 Å². The number of rotatable bonds is 5. The van der Waals surface area contributed by atoms with Gasteiger partial charge in [-0.05, 0) is 34.2 Å². The fourth-order valence-corrected chi connectivity index (χ4v) is 2.66. The van der Waals surface area contributed by atoms with Crippen LogP contribution in [0.25, 0.3) is 10.9 Å². The quantitative estimate of drug-likeness (QED) is 0.760. The molecule has 0 aliphatic carbocycles. The number of hydrogen-bond acceptors (Lipinski definition) is 3. The number of nitrogens with zero attached hydrogens (tertiary/aromatic N) is 1. The number of amides is 1. The number of primary amides is 1. The van der Waals surface area contributed by atoms with Crippen molar-refractivity contribution in [2.45, 2.75) is 19.7 Å². The molecule has 4 N–H and O–H groups in total. The van der Waals surface area contributed by atoms with Crippen molar-refractivity contribution in [3.05, 3.63) is 71.4 Å². The summed E-state index contributed by atoms with van der Waals surface area (Å²) < 4.78 is 7.02. The first kappa shape index (κ1) is 15.1. The minimum atomic E-state index is -0.763. The van der Waals surface area contributed by atoms with Gasteiger partial charge in [0, 0.05) is 24.8 Å². The number of fused-ring (bicyclic) bond motifs is 1. The molecule has 0 spiro atoms. The zero-order chi connectivity index (χ0) is 16.2. The van der Waals surface area contributed by atoms with Crippen LogP contribution in [0.15, 0.2) is 54.7 Å². The third-order valence-electron chi connectivity index (χ3n) is 3.80. The van der Waals surface area contributed by atoms with E-state index in [2.05, 4.69) is 35.0 Å². The molecule has 5 nitrogen and oxygen atoms in total. The van der Waals surface area contributed by atoms with E-state index >= 15 is 0 Å².